The van der Waals surface area contributed by atoms with Crippen LogP contribution in [0.4, 0.5) is 0 Å². The Morgan fingerprint density at radius 2 is 1.92 bits per heavy atom. The summed E-state index contributed by atoms with van der Waals surface area (Å²) in [5.41, 5.74) is 10.5. The number of aliphatic hydroxyl groups excluding tert-OH is 1. The molecule has 0 unspecified atom stereocenters. The van der Waals surface area contributed by atoms with Gasteiger partial charge in [0.05, 0.1) is 17.2 Å². The number of carbonyl (C=O) groups excluding carboxylic acids is 1. The van der Waals surface area contributed by atoms with E-state index >= 15 is 0 Å². The Balaban J connectivity index is 2.63. The quantitative estimate of drug-likeness (QED) is 0.675. The van der Waals surface area contributed by atoms with Gasteiger partial charge in [0.1, 0.15) is 0 Å². The summed E-state index contributed by atoms with van der Waals surface area (Å²) in [5, 5.41) is 18.3. The van der Waals surface area contributed by atoms with Crippen molar-refractivity contribution in [1.29, 1.82) is 5.26 Å². The molecule has 1 heterocycles. The lowest BCUT2D eigenvalue weighted by Crippen LogP contribution is -2.13. The van der Waals surface area contributed by atoms with E-state index in [-0.39, 0.29) is 6.61 Å². The van der Waals surface area contributed by atoms with Gasteiger partial charge in [0.15, 0.2) is 0 Å². The van der Waals surface area contributed by atoms with Gasteiger partial charge in [-0.3, -0.25) is 4.79 Å². The summed E-state index contributed by atoms with van der Waals surface area (Å²) in [6.07, 6.45) is 4.73. The SMILES string of the molecule is CCCCCc1c(-c2ccc(C#N)cc2)c(C(N)=O)c(C)n1CCCO. The lowest BCUT2D eigenvalue weighted by Gasteiger charge is -2.13. The highest BCUT2D eigenvalue weighted by Crippen LogP contribution is 2.34. The third kappa shape index (κ3) is 4.14. The normalized spacial score (nSPS) is 10.7. The van der Waals surface area contributed by atoms with Crippen molar-refractivity contribution in [3.8, 4) is 17.2 Å². The first-order valence-electron chi connectivity index (χ1n) is 9.18. The molecule has 0 saturated carbocycles. The summed E-state index contributed by atoms with van der Waals surface area (Å²) in [6.45, 7) is 4.82. The topological polar surface area (TPSA) is 92.0 Å². The Morgan fingerprint density at radius 1 is 1.23 bits per heavy atom. The van der Waals surface area contributed by atoms with Gasteiger partial charge in [0, 0.05) is 30.1 Å². The van der Waals surface area contributed by atoms with Crippen LogP contribution in [-0.4, -0.2) is 22.2 Å². The van der Waals surface area contributed by atoms with Crippen LogP contribution < -0.4 is 5.73 Å². The maximum absolute atomic E-state index is 12.2. The number of nitrogens with two attached hydrogens (primary N) is 1. The van der Waals surface area contributed by atoms with Crippen LogP contribution >= 0.6 is 0 Å². The summed E-state index contributed by atoms with van der Waals surface area (Å²) in [7, 11) is 0. The number of unbranched alkanes of at least 4 members (excludes halogenated alkanes) is 2. The Labute approximate surface area is 155 Å². The molecule has 5 heteroatoms. The van der Waals surface area contributed by atoms with Gasteiger partial charge < -0.3 is 15.4 Å². The van der Waals surface area contributed by atoms with E-state index in [9.17, 15) is 9.90 Å². The van der Waals surface area contributed by atoms with Crippen LogP contribution in [0.5, 0.6) is 0 Å². The fourth-order valence-electron chi connectivity index (χ4n) is 3.46. The number of hydrogen-bond donors (Lipinski definition) is 2. The smallest absolute Gasteiger partial charge is 0.251 e. The fourth-order valence-corrected chi connectivity index (χ4v) is 3.46. The van der Waals surface area contributed by atoms with Gasteiger partial charge in [-0.15, -0.1) is 0 Å². The Bertz CT molecular complexity index is 798. The molecular formula is C21H27N3O2. The molecule has 26 heavy (non-hydrogen) atoms. The predicted octanol–water partition coefficient (Wildman–Crippen LogP) is 3.55. The van der Waals surface area contributed by atoms with Crippen LogP contribution in [0.15, 0.2) is 24.3 Å². The van der Waals surface area contributed by atoms with E-state index in [0.29, 0.717) is 24.1 Å². The molecule has 0 atom stereocenters. The molecule has 0 fully saturated rings. The van der Waals surface area contributed by atoms with Crippen LogP contribution in [-0.2, 0) is 13.0 Å². The van der Waals surface area contributed by atoms with Crippen LogP contribution in [0.3, 0.4) is 0 Å². The Kier molecular flexibility index (Phi) is 6.99. The molecule has 0 saturated heterocycles. The largest absolute Gasteiger partial charge is 0.396 e. The highest BCUT2D eigenvalue weighted by molar-refractivity contribution is 6.02. The predicted molar refractivity (Wildman–Crippen MR) is 103 cm³/mol. The maximum Gasteiger partial charge on any atom is 0.251 e. The third-order valence-electron chi connectivity index (χ3n) is 4.74. The fraction of sp³-hybridized carbons (Fsp3) is 0.429. The number of carbonyl (C=O) groups is 1. The number of benzene rings is 1. The van der Waals surface area contributed by atoms with Crippen LogP contribution in [0.1, 0.15) is 59.9 Å². The van der Waals surface area contributed by atoms with Crippen LogP contribution in [0.25, 0.3) is 11.1 Å². The second kappa shape index (κ2) is 9.21. The summed E-state index contributed by atoms with van der Waals surface area (Å²) >= 11 is 0. The first-order valence-corrected chi connectivity index (χ1v) is 9.18. The van der Waals surface area contributed by atoms with Crippen molar-refractivity contribution in [2.45, 2.75) is 52.5 Å². The van der Waals surface area contributed by atoms with Gasteiger partial charge in [-0.25, -0.2) is 0 Å². The summed E-state index contributed by atoms with van der Waals surface area (Å²) < 4.78 is 2.12. The highest BCUT2D eigenvalue weighted by Gasteiger charge is 2.24. The summed E-state index contributed by atoms with van der Waals surface area (Å²) in [4.78, 5) is 12.2. The van der Waals surface area contributed by atoms with Crippen molar-refractivity contribution in [3.05, 3.63) is 46.8 Å². The molecule has 138 valence electrons. The molecule has 3 N–H and O–H groups in total. The molecule has 0 radical (unpaired) electrons. The van der Waals surface area contributed by atoms with Gasteiger partial charge in [0.2, 0.25) is 0 Å². The zero-order valence-electron chi connectivity index (χ0n) is 15.6. The van der Waals surface area contributed by atoms with E-state index in [1.165, 1.54) is 0 Å². The number of rotatable bonds is 9. The van der Waals surface area contributed by atoms with Crippen LogP contribution in [0.2, 0.25) is 0 Å². The van der Waals surface area contributed by atoms with Crippen LogP contribution in [0, 0.1) is 18.3 Å². The molecule has 0 spiro atoms. The minimum atomic E-state index is -0.443. The molecule has 1 amide bonds. The van der Waals surface area contributed by atoms with Gasteiger partial charge >= 0.3 is 0 Å². The van der Waals surface area contributed by atoms with E-state index in [4.69, 9.17) is 11.0 Å². The van der Waals surface area contributed by atoms with Crippen molar-refractivity contribution >= 4 is 5.91 Å². The summed E-state index contributed by atoms with van der Waals surface area (Å²) in [6, 6.07) is 9.39. The molecule has 0 aliphatic carbocycles. The van der Waals surface area contributed by atoms with E-state index in [1.54, 1.807) is 12.1 Å². The van der Waals surface area contributed by atoms with E-state index < -0.39 is 5.91 Å². The molecule has 2 aromatic rings. The molecular weight excluding hydrogens is 326 g/mol. The molecule has 0 aliphatic heterocycles. The van der Waals surface area contributed by atoms with Gasteiger partial charge in [-0.05, 0) is 43.9 Å². The number of amides is 1. The minimum absolute atomic E-state index is 0.101. The first kappa shape index (κ1) is 19.7. The van der Waals surface area contributed by atoms with E-state index in [2.05, 4.69) is 17.6 Å². The second-order valence-electron chi connectivity index (χ2n) is 6.52. The van der Waals surface area contributed by atoms with E-state index in [1.807, 2.05) is 19.1 Å². The van der Waals surface area contributed by atoms with Crippen molar-refractivity contribution in [2.75, 3.05) is 6.61 Å². The van der Waals surface area contributed by atoms with Crippen molar-refractivity contribution in [3.63, 3.8) is 0 Å². The van der Waals surface area contributed by atoms with Crippen molar-refractivity contribution < 1.29 is 9.90 Å². The number of nitrogens with zero attached hydrogens (tertiary/aromatic N) is 2. The molecule has 2 rings (SSSR count). The monoisotopic (exact) mass is 353 g/mol. The minimum Gasteiger partial charge on any atom is -0.396 e. The molecule has 5 nitrogen and oxygen atoms in total. The van der Waals surface area contributed by atoms with Crippen molar-refractivity contribution in [1.82, 2.24) is 4.57 Å². The average molecular weight is 353 g/mol. The maximum atomic E-state index is 12.2. The Hall–Kier alpha value is -2.58. The van der Waals surface area contributed by atoms with Crippen molar-refractivity contribution in [2.24, 2.45) is 5.73 Å². The standard InChI is InChI=1S/C21H27N3O2/c1-3-4-5-7-18-20(17-10-8-16(14-22)9-11-17)19(21(23)26)15(2)24(18)12-6-13-25/h8-11,25H,3-7,12-13H2,1-2H3,(H2,23,26). The zero-order chi connectivity index (χ0) is 19.1. The van der Waals surface area contributed by atoms with Gasteiger partial charge in [-0.2, -0.15) is 5.26 Å². The number of hydrogen-bond acceptors (Lipinski definition) is 3. The van der Waals surface area contributed by atoms with Gasteiger partial charge in [0.25, 0.3) is 5.91 Å². The number of aromatic nitrogens is 1. The Morgan fingerprint density at radius 3 is 2.46 bits per heavy atom. The third-order valence-corrected chi connectivity index (χ3v) is 4.74. The van der Waals surface area contributed by atoms with Gasteiger partial charge in [-0.1, -0.05) is 31.9 Å². The molecule has 1 aromatic carbocycles. The number of nitriles is 1. The molecule has 1 aromatic heterocycles. The molecule has 0 bridgehead atoms. The van der Waals surface area contributed by atoms with E-state index in [0.717, 1.165) is 48.2 Å². The molecule has 0 aliphatic rings. The lowest BCUT2D eigenvalue weighted by molar-refractivity contribution is 0.1000. The number of primary amides is 1. The summed E-state index contributed by atoms with van der Waals surface area (Å²) in [5.74, 6) is -0.443. The highest BCUT2D eigenvalue weighted by atomic mass is 16.3. The lowest BCUT2D eigenvalue weighted by atomic mass is 9.96. The number of aliphatic hydroxyl groups is 1. The zero-order valence-corrected chi connectivity index (χ0v) is 15.6. The average Bonchev–Trinajstić information content (AvgIpc) is 2.92. The first-order chi connectivity index (χ1) is 12.5. The second-order valence-corrected chi connectivity index (χ2v) is 6.52.